The number of aryl methyl sites for hydroxylation is 1. The molecule has 0 bridgehead atoms. The Kier molecular flexibility index (Phi) is 3.88. The molecule has 0 aliphatic carbocycles. The highest BCUT2D eigenvalue weighted by Crippen LogP contribution is 2.29. The molecular weight excluding hydrogens is 226 g/mol. The normalized spacial score (nSPS) is 24.0. The second-order valence-electron chi connectivity index (χ2n) is 5.53. The first-order valence-corrected chi connectivity index (χ1v) is 6.50. The molecule has 0 saturated carbocycles. The molecule has 1 saturated heterocycles. The van der Waals surface area contributed by atoms with Crippen molar-refractivity contribution in [2.45, 2.75) is 26.5 Å². The Balaban J connectivity index is 2.25. The molecule has 2 unspecified atom stereocenters. The van der Waals surface area contributed by atoms with Crippen LogP contribution in [0.5, 0.6) is 0 Å². The van der Waals surface area contributed by atoms with Gasteiger partial charge in [-0.25, -0.2) is 0 Å². The van der Waals surface area contributed by atoms with Crippen LogP contribution in [0.2, 0.25) is 0 Å². The average molecular weight is 249 g/mol. The lowest BCUT2D eigenvalue weighted by Gasteiger charge is -2.24. The predicted octanol–water partition coefficient (Wildman–Crippen LogP) is 1.27. The Morgan fingerprint density at radius 2 is 2.17 bits per heavy atom. The molecule has 2 rings (SSSR count). The highest BCUT2D eigenvalue weighted by Gasteiger charge is 2.31. The van der Waals surface area contributed by atoms with E-state index in [-0.39, 0.29) is 6.61 Å². The molecule has 1 N–H and O–H groups in total. The zero-order valence-corrected chi connectivity index (χ0v) is 11.7. The monoisotopic (exact) mass is 249 g/mol. The Morgan fingerprint density at radius 1 is 1.44 bits per heavy atom. The zero-order valence-electron chi connectivity index (χ0n) is 11.7. The van der Waals surface area contributed by atoms with Crippen LogP contribution in [-0.4, -0.2) is 48.2 Å². The van der Waals surface area contributed by atoms with Crippen LogP contribution in [0.3, 0.4) is 0 Å². The molecule has 100 valence electrons. The van der Waals surface area contributed by atoms with Gasteiger partial charge in [0.1, 0.15) is 0 Å². The minimum atomic E-state index is 0.0557. The number of nitrogens with zero attached hydrogens (tertiary/aromatic N) is 3. The lowest BCUT2D eigenvalue weighted by Crippen LogP contribution is -2.34. The van der Waals surface area contributed by atoms with Crippen molar-refractivity contribution in [3.05, 3.63) is 23.5 Å². The summed E-state index contributed by atoms with van der Waals surface area (Å²) in [6.45, 7) is 6.40. The van der Waals surface area contributed by atoms with E-state index in [1.54, 1.807) is 6.20 Å². The summed E-state index contributed by atoms with van der Waals surface area (Å²) in [5, 5.41) is 9.43. The number of anilines is 1. The van der Waals surface area contributed by atoms with Gasteiger partial charge in [0, 0.05) is 42.3 Å². The fourth-order valence-corrected chi connectivity index (χ4v) is 2.81. The molecule has 1 fully saturated rings. The van der Waals surface area contributed by atoms with Crippen LogP contribution in [0.1, 0.15) is 18.2 Å². The molecule has 4 nitrogen and oxygen atoms in total. The van der Waals surface area contributed by atoms with E-state index in [1.807, 2.05) is 6.92 Å². The fraction of sp³-hybridized carbons (Fsp3) is 0.643. The molecule has 0 amide bonds. The van der Waals surface area contributed by atoms with E-state index in [4.69, 9.17) is 0 Å². The third-order valence-corrected chi connectivity index (χ3v) is 3.85. The molecule has 1 aliphatic heterocycles. The maximum atomic E-state index is 9.43. The summed E-state index contributed by atoms with van der Waals surface area (Å²) in [6.07, 6.45) is 1.79. The van der Waals surface area contributed by atoms with E-state index in [0.29, 0.717) is 12.0 Å². The summed E-state index contributed by atoms with van der Waals surface area (Å²) in [6, 6.07) is 2.65. The number of rotatable bonds is 3. The van der Waals surface area contributed by atoms with Crippen molar-refractivity contribution < 1.29 is 5.11 Å². The Morgan fingerprint density at radius 3 is 2.72 bits per heavy atom. The smallest absolute Gasteiger partial charge is 0.0717 e. The fourth-order valence-electron chi connectivity index (χ4n) is 2.81. The van der Waals surface area contributed by atoms with Gasteiger partial charge in [0.05, 0.1) is 6.61 Å². The van der Waals surface area contributed by atoms with Crippen LogP contribution in [0.4, 0.5) is 5.69 Å². The van der Waals surface area contributed by atoms with Crippen LogP contribution in [-0.2, 0) is 6.61 Å². The topological polar surface area (TPSA) is 39.6 Å². The first-order valence-electron chi connectivity index (χ1n) is 6.50. The lowest BCUT2D eigenvalue weighted by molar-refractivity contribution is 0.266. The van der Waals surface area contributed by atoms with Gasteiger partial charge < -0.3 is 14.9 Å². The summed E-state index contributed by atoms with van der Waals surface area (Å²) in [7, 11) is 4.27. The van der Waals surface area contributed by atoms with Gasteiger partial charge in [-0.1, -0.05) is 6.92 Å². The minimum absolute atomic E-state index is 0.0557. The molecule has 0 spiro atoms. The summed E-state index contributed by atoms with van der Waals surface area (Å²) in [5.41, 5.74) is 3.07. The Labute approximate surface area is 109 Å². The molecule has 2 heterocycles. The van der Waals surface area contributed by atoms with Gasteiger partial charge in [0.15, 0.2) is 0 Å². The number of aliphatic hydroxyl groups excluding tert-OH is 1. The number of aliphatic hydroxyl groups is 1. The second-order valence-corrected chi connectivity index (χ2v) is 5.53. The maximum absolute atomic E-state index is 9.43. The van der Waals surface area contributed by atoms with Gasteiger partial charge in [0.2, 0.25) is 0 Å². The van der Waals surface area contributed by atoms with Gasteiger partial charge in [-0.3, -0.25) is 4.98 Å². The molecule has 1 aliphatic rings. The third kappa shape index (κ3) is 2.49. The number of aromatic nitrogens is 1. The number of hydrogen-bond donors (Lipinski definition) is 1. The van der Waals surface area contributed by atoms with Crippen LogP contribution in [0.15, 0.2) is 12.3 Å². The standard InChI is InChI=1S/C14H23N3O/c1-10-7-17(8-14(10)16(3)4)13-5-11(2)15-6-12(13)9-18/h5-6,10,14,18H,7-9H2,1-4H3. The van der Waals surface area contributed by atoms with E-state index >= 15 is 0 Å². The quantitative estimate of drug-likeness (QED) is 0.875. The van der Waals surface area contributed by atoms with Crippen molar-refractivity contribution in [3.63, 3.8) is 0 Å². The number of hydrogen-bond acceptors (Lipinski definition) is 4. The highest BCUT2D eigenvalue weighted by molar-refractivity contribution is 5.54. The van der Waals surface area contributed by atoms with Crippen molar-refractivity contribution in [2.24, 2.45) is 5.92 Å². The van der Waals surface area contributed by atoms with E-state index in [9.17, 15) is 5.11 Å². The van der Waals surface area contributed by atoms with Gasteiger partial charge in [0.25, 0.3) is 0 Å². The zero-order chi connectivity index (χ0) is 13.3. The molecule has 2 atom stereocenters. The van der Waals surface area contributed by atoms with Gasteiger partial charge in [-0.15, -0.1) is 0 Å². The maximum Gasteiger partial charge on any atom is 0.0717 e. The van der Waals surface area contributed by atoms with Crippen LogP contribution in [0.25, 0.3) is 0 Å². The Hall–Kier alpha value is -1.13. The molecule has 18 heavy (non-hydrogen) atoms. The summed E-state index contributed by atoms with van der Waals surface area (Å²) in [4.78, 5) is 8.92. The van der Waals surface area contributed by atoms with Gasteiger partial charge in [-0.2, -0.15) is 0 Å². The largest absolute Gasteiger partial charge is 0.392 e. The second kappa shape index (κ2) is 5.24. The summed E-state index contributed by atoms with van der Waals surface area (Å²) in [5.74, 6) is 0.639. The van der Waals surface area contributed by atoms with Crippen LogP contribution >= 0.6 is 0 Å². The van der Waals surface area contributed by atoms with E-state index in [2.05, 4.69) is 41.9 Å². The first-order chi connectivity index (χ1) is 8.52. The van der Waals surface area contributed by atoms with Crippen LogP contribution in [0, 0.1) is 12.8 Å². The summed E-state index contributed by atoms with van der Waals surface area (Å²) < 4.78 is 0. The molecular formula is C14H23N3O. The number of pyridine rings is 1. The SMILES string of the molecule is Cc1cc(N2CC(C)C(N(C)C)C2)c(CO)cn1. The average Bonchev–Trinajstić information content (AvgIpc) is 2.71. The van der Waals surface area contributed by atoms with Crippen molar-refractivity contribution >= 4 is 5.69 Å². The molecule has 1 aromatic heterocycles. The van der Waals surface area contributed by atoms with Gasteiger partial charge >= 0.3 is 0 Å². The van der Waals surface area contributed by atoms with Gasteiger partial charge in [-0.05, 0) is 33.0 Å². The first kappa shape index (κ1) is 13.3. The van der Waals surface area contributed by atoms with Crippen LogP contribution < -0.4 is 4.90 Å². The van der Waals surface area contributed by atoms with Crippen molar-refractivity contribution in [1.29, 1.82) is 0 Å². The summed E-state index contributed by atoms with van der Waals surface area (Å²) >= 11 is 0. The molecule has 4 heteroatoms. The molecule has 1 aromatic rings. The third-order valence-electron chi connectivity index (χ3n) is 3.85. The number of likely N-dealkylation sites (N-methyl/N-ethyl adjacent to an activating group) is 1. The van der Waals surface area contributed by atoms with Crippen molar-refractivity contribution in [3.8, 4) is 0 Å². The van der Waals surface area contributed by atoms with Crippen molar-refractivity contribution in [2.75, 3.05) is 32.1 Å². The van der Waals surface area contributed by atoms with E-state index in [1.165, 1.54) is 0 Å². The molecule has 0 radical (unpaired) electrons. The minimum Gasteiger partial charge on any atom is -0.392 e. The van der Waals surface area contributed by atoms with Crippen molar-refractivity contribution in [1.82, 2.24) is 9.88 Å². The Bertz CT molecular complexity index is 420. The van der Waals surface area contributed by atoms with E-state index in [0.717, 1.165) is 30.0 Å². The predicted molar refractivity (Wildman–Crippen MR) is 73.7 cm³/mol. The molecule has 0 aromatic carbocycles. The highest BCUT2D eigenvalue weighted by atomic mass is 16.3. The van der Waals surface area contributed by atoms with E-state index < -0.39 is 0 Å². The lowest BCUT2D eigenvalue weighted by atomic mass is 10.1.